The number of amides is 1. The van der Waals surface area contributed by atoms with Crippen LogP contribution in [0.4, 0.5) is 0 Å². The number of hydrogen-bond acceptors (Lipinski definition) is 4. The van der Waals surface area contributed by atoms with Crippen molar-refractivity contribution in [1.29, 1.82) is 0 Å². The summed E-state index contributed by atoms with van der Waals surface area (Å²) in [6.07, 6.45) is 1.35. The Labute approximate surface area is 103 Å². The molecule has 1 aromatic carbocycles. The molecule has 18 heavy (non-hydrogen) atoms. The molecule has 0 aliphatic rings. The minimum Gasteiger partial charge on any atom is -0.481 e. The highest BCUT2D eigenvalue weighted by Gasteiger charge is 2.19. The molecule has 0 aliphatic heterocycles. The van der Waals surface area contributed by atoms with Gasteiger partial charge in [0.25, 0.3) is 0 Å². The van der Waals surface area contributed by atoms with Crippen LogP contribution in [0.2, 0.25) is 0 Å². The van der Waals surface area contributed by atoms with Crippen LogP contribution in [-0.2, 0) is 16.1 Å². The third-order valence-electron chi connectivity index (χ3n) is 2.63. The predicted molar refractivity (Wildman–Crippen MR) is 62.7 cm³/mol. The number of nitrogens with zero attached hydrogens (tertiary/aromatic N) is 1. The van der Waals surface area contributed by atoms with E-state index in [1.165, 1.54) is 13.3 Å². The zero-order valence-electron chi connectivity index (χ0n) is 9.71. The maximum absolute atomic E-state index is 11.4. The molecule has 1 atom stereocenters. The van der Waals surface area contributed by atoms with E-state index in [0.29, 0.717) is 5.58 Å². The number of carboxylic acid groups (broad SMARTS) is 1. The van der Waals surface area contributed by atoms with Gasteiger partial charge in [0.15, 0.2) is 12.0 Å². The molecular weight excluding hydrogens is 236 g/mol. The van der Waals surface area contributed by atoms with Gasteiger partial charge in [0, 0.05) is 6.54 Å². The first-order chi connectivity index (χ1) is 8.58. The van der Waals surface area contributed by atoms with Crippen LogP contribution >= 0.6 is 0 Å². The summed E-state index contributed by atoms with van der Waals surface area (Å²) in [5, 5.41) is 11.2. The number of carbonyl (C=O) groups is 2. The average Bonchev–Trinajstić information content (AvgIpc) is 2.82. The molecule has 1 heterocycles. The van der Waals surface area contributed by atoms with E-state index in [-0.39, 0.29) is 6.54 Å². The van der Waals surface area contributed by atoms with Gasteiger partial charge in [-0.1, -0.05) is 6.07 Å². The zero-order valence-corrected chi connectivity index (χ0v) is 9.71. The van der Waals surface area contributed by atoms with Gasteiger partial charge in [0.05, 0.1) is 0 Å². The molecule has 1 unspecified atom stereocenters. The number of carboxylic acids is 1. The van der Waals surface area contributed by atoms with Crippen molar-refractivity contribution in [1.82, 2.24) is 10.3 Å². The largest absolute Gasteiger partial charge is 0.481 e. The van der Waals surface area contributed by atoms with Crippen LogP contribution in [0.15, 0.2) is 29.0 Å². The van der Waals surface area contributed by atoms with Crippen molar-refractivity contribution in [3.05, 3.63) is 30.2 Å². The Balaban J connectivity index is 2.01. The molecule has 0 aliphatic carbocycles. The normalized spacial score (nSPS) is 12.3. The molecule has 0 fully saturated rings. The fraction of sp³-hybridized carbons (Fsp3) is 0.250. The molecule has 0 saturated heterocycles. The standard InChI is InChI=1S/C12H12N2O4/c1-7(12(16)17)11(15)13-5-8-2-3-9-10(4-8)18-6-14-9/h2-4,6-7H,5H2,1H3,(H,13,15)(H,16,17). The lowest BCUT2D eigenvalue weighted by Gasteiger charge is -2.08. The molecule has 2 N–H and O–H groups in total. The summed E-state index contributed by atoms with van der Waals surface area (Å²) in [4.78, 5) is 26.0. The summed E-state index contributed by atoms with van der Waals surface area (Å²) in [7, 11) is 0. The van der Waals surface area contributed by atoms with Crippen LogP contribution < -0.4 is 5.32 Å². The Kier molecular flexibility index (Phi) is 3.27. The van der Waals surface area contributed by atoms with E-state index < -0.39 is 17.8 Å². The van der Waals surface area contributed by atoms with Crippen LogP contribution in [-0.4, -0.2) is 22.0 Å². The quantitative estimate of drug-likeness (QED) is 0.792. The Morgan fingerprint density at radius 1 is 1.50 bits per heavy atom. The van der Waals surface area contributed by atoms with E-state index in [4.69, 9.17) is 9.52 Å². The summed E-state index contributed by atoms with van der Waals surface area (Å²) in [6, 6.07) is 5.34. The molecule has 94 valence electrons. The Morgan fingerprint density at radius 2 is 2.28 bits per heavy atom. The second-order valence-electron chi connectivity index (χ2n) is 3.93. The van der Waals surface area contributed by atoms with Gasteiger partial charge in [-0.25, -0.2) is 4.98 Å². The number of benzene rings is 1. The highest BCUT2D eigenvalue weighted by Crippen LogP contribution is 2.14. The number of aromatic nitrogens is 1. The summed E-state index contributed by atoms with van der Waals surface area (Å²) in [6.45, 7) is 1.60. The fourth-order valence-electron chi connectivity index (χ4n) is 1.46. The number of hydrogen-bond donors (Lipinski definition) is 2. The van der Waals surface area contributed by atoms with Crippen LogP contribution in [0.1, 0.15) is 12.5 Å². The summed E-state index contributed by atoms with van der Waals surface area (Å²) in [5.41, 5.74) is 2.20. The second-order valence-corrected chi connectivity index (χ2v) is 3.93. The monoisotopic (exact) mass is 248 g/mol. The second kappa shape index (κ2) is 4.87. The van der Waals surface area contributed by atoms with Crippen molar-refractivity contribution in [3.8, 4) is 0 Å². The van der Waals surface area contributed by atoms with Gasteiger partial charge in [0.1, 0.15) is 11.4 Å². The number of rotatable bonds is 4. The highest BCUT2D eigenvalue weighted by atomic mass is 16.4. The van der Waals surface area contributed by atoms with Gasteiger partial charge in [-0.05, 0) is 24.6 Å². The first kappa shape index (κ1) is 12.1. The van der Waals surface area contributed by atoms with Crippen molar-refractivity contribution < 1.29 is 19.1 Å². The average molecular weight is 248 g/mol. The van der Waals surface area contributed by atoms with Crippen molar-refractivity contribution in [2.45, 2.75) is 13.5 Å². The van der Waals surface area contributed by atoms with Gasteiger partial charge in [-0.3, -0.25) is 9.59 Å². The Bertz CT molecular complexity index is 591. The summed E-state index contributed by atoms with van der Waals surface area (Å²) >= 11 is 0. The number of fused-ring (bicyclic) bond motifs is 1. The van der Waals surface area contributed by atoms with E-state index in [9.17, 15) is 9.59 Å². The Morgan fingerprint density at radius 3 is 3.00 bits per heavy atom. The van der Waals surface area contributed by atoms with Crippen LogP contribution in [0, 0.1) is 5.92 Å². The molecule has 1 aromatic heterocycles. The third kappa shape index (κ3) is 2.48. The van der Waals surface area contributed by atoms with Crippen LogP contribution in [0.25, 0.3) is 11.1 Å². The van der Waals surface area contributed by atoms with E-state index in [1.807, 2.05) is 0 Å². The van der Waals surface area contributed by atoms with Crippen molar-refractivity contribution in [2.24, 2.45) is 5.92 Å². The molecular formula is C12H12N2O4. The van der Waals surface area contributed by atoms with E-state index in [1.54, 1.807) is 18.2 Å². The molecule has 0 spiro atoms. The minimum atomic E-state index is -1.14. The maximum Gasteiger partial charge on any atom is 0.315 e. The number of aliphatic carboxylic acids is 1. The lowest BCUT2D eigenvalue weighted by Crippen LogP contribution is -2.33. The van der Waals surface area contributed by atoms with Crippen LogP contribution in [0.5, 0.6) is 0 Å². The van der Waals surface area contributed by atoms with Crippen molar-refractivity contribution in [2.75, 3.05) is 0 Å². The van der Waals surface area contributed by atoms with Gasteiger partial charge in [-0.2, -0.15) is 0 Å². The predicted octanol–water partition coefficient (Wildman–Crippen LogP) is 1.16. The Hall–Kier alpha value is -2.37. The van der Waals surface area contributed by atoms with Gasteiger partial charge < -0.3 is 14.8 Å². The van der Waals surface area contributed by atoms with Crippen LogP contribution in [0.3, 0.4) is 0 Å². The van der Waals surface area contributed by atoms with E-state index in [0.717, 1.165) is 11.1 Å². The summed E-state index contributed by atoms with van der Waals surface area (Å²) in [5.74, 6) is -2.71. The maximum atomic E-state index is 11.4. The fourth-order valence-corrected chi connectivity index (χ4v) is 1.46. The first-order valence-corrected chi connectivity index (χ1v) is 5.40. The topological polar surface area (TPSA) is 92.4 Å². The lowest BCUT2D eigenvalue weighted by atomic mass is 10.1. The molecule has 2 aromatic rings. The SMILES string of the molecule is CC(C(=O)O)C(=O)NCc1ccc2ncoc2c1. The minimum absolute atomic E-state index is 0.257. The van der Waals surface area contributed by atoms with Crippen molar-refractivity contribution in [3.63, 3.8) is 0 Å². The van der Waals surface area contributed by atoms with Gasteiger partial charge >= 0.3 is 5.97 Å². The zero-order chi connectivity index (χ0) is 13.1. The lowest BCUT2D eigenvalue weighted by molar-refractivity contribution is -0.146. The molecule has 6 heteroatoms. The van der Waals surface area contributed by atoms with E-state index >= 15 is 0 Å². The molecule has 6 nitrogen and oxygen atoms in total. The smallest absolute Gasteiger partial charge is 0.315 e. The molecule has 0 radical (unpaired) electrons. The molecule has 1 amide bonds. The molecule has 0 saturated carbocycles. The van der Waals surface area contributed by atoms with Gasteiger partial charge in [-0.15, -0.1) is 0 Å². The number of nitrogens with one attached hydrogen (secondary N) is 1. The van der Waals surface area contributed by atoms with Crippen molar-refractivity contribution >= 4 is 23.0 Å². The molecule has 0 bridgehead atoms. The molecule has 2 rings (SSSR count). The number of carbonyl (C=O) groups excluding carboxylic acids is 1. The van der Waals surface area contributed by atoms with E-state index in [2.05, 4.69) is 10.3 Å². The number of oxazole rings is 1. The third-order valence-corrected chi connectivity index (χ3v) is 2.63. The highest BCUT2D eigenvalue weighted by molar-refractivity contribution is 5.96. The summed E-state index contributed by atoms with van der Waals surface area (Å²) < 4.78 is 5.13. The van der Waals surface area contributed by atoms with Gasteiger partial charge in [0.2, 0.25) is 5.91 Å². The first-order valence-electron chi connectivity index (χ1n) is 5.40.